The van der Waals surface area contributed by atoms with Crippen LogP contribution in [0, 0.1) is 5.92 Å². The fourth-order valence-corrected chi connectivity index (χ4v) is 4.33. The Morgan fingerprint density at radius 1 is 1.28 bits per heavy atom. The van der Waals surface area contributed by atoms with Crippen LogP contribution >= 0.6 is 36.2 Å². The summed E-state index contributed by atoms with van der Waals surface area (Å²) in [5, 5.41) is 11.3. The highest BCUT2D eigenvalue weighted by atomic mass is 35.5. The van der Waals surface area contributed by atoms with Crippen LogP contribution in [0.25, 0.3) is 32.2 Å². The molecule has 1 amide bonds. The first-order valence-corrected chi connectivity index (χ1v) is 10.4. The van der Waals surface area contributed by atoms with Gasteiger partial charge in [0.15, 0.2) is 5.13 Å². The molecule has 0 aliphatic heterocycles. The molecule has 0 unspecified atom stereocenters. The molecule has 1 saturated carbocycles. The van der Waals surface area contributed by atoms with Gasteiger partial charge in [0.2, 0.25) is 5.91 Å². The van der Waals surface area contributed by atoms with Gasteiger partial charge in [0.25, 0.3) is 0 Å². The number of hydrogen-bond acceptors (Lipinski definition) is 6. The molecule has 2 N–H and O–H groups in total. The predicted octanol–water partition coefficient (Wildman–Crippen LogP) is 5.00. The van der Waals surface area contributed by atoms with E-state index in [0.29, 0.717) is 24.8 Å². The minimum absolute atomic E-state index is 0. The summed E-state index contributed by atoms with van der Waals surface area (Å²) >= 11 is 1.37. The number of aromatic nitrogens is 3. The van der Waals surface area contributed by atoms with Crippen molar-refractivity contribution < 1.29 is 18.7 Å². The summed E-state index contributed by atoms with van der Waals surface area (Å²) < 4.78 is 25.1. The van der Waals surface area contributed by atoms with E-state index in [4.69, 9.17) is 9.47 Å². The fourth-order valence-electron chi connectivity index (χ4n) is 3.42. The van der Waals surface area contributed by atoms with Gasteiger partial charge in [-0.05, 0) is 36.2 Å². The van der Waals surface area contributed by atoms with Gasteiger partial charge in [-0.3, -0.25) is 9.89 Å². The molecular formula is C21H21Cl2FN4O3S. The Kier molecular flexibility index (Phi) is 7.55. The van der Waals surface area contributed by atoms with E-state index in [-0.39, 0.29) is 30.7 Å². The maximum Gasteiger partial charge on any atom is 0.232 e. The number of H-pyrrole nitrogens is 1. The minimum atomic E-state index is -1.03. The molecule has 7 nitrogen and oxygen atoms in total. The van der Waals surface area contributed by atoms with E-state index in [1.807, 2.05) is 30.3 Å². The van der Waals surface area contributed by atoms with Crippen LogP contribution in [0.2, 0.25) is 0 Å². The van der Waals surface area contributed by atoms with Gasteiger partial charge in [0.1, 0.15) is 18.5 Å². The zero-order valence-electron chi connectivity index (χ0n) is 17.0. The quantitative estimate of drug-likeness (QED) is 0.349. The van der Waals surface area contributed by atoms with Crippen LogP contribution in [0.1, 0.15) is 6.42 Å². The summed E-state index contributed by atoms with van der Waals surface area (Å²) in [5.74, 6) is -0.113. The number of nitrogens with zero attached hydrogens (tertiary/aromatic N) is 2. The number of hydrogen-bond donors (Lipinski definition) is 2. The van der Waals surface area contributed by atoms with Crippen molar-refractivity contribution in [1.29, 1.82) is 0 Å². The van der Waals surface area contributed by atoms with Gasteiger partial charge in [-0.1, -0.05) is 17.4 Å². The second-order valence-corrected chi connectivity index (χ2v) is 8.19. The minimum Gasteiger partial charge on any atom is -0.491 e. The Bertz CT molecular complexity index is 1250. The number of nitrogens with one attached hydrogen (secondary N) is 2. The van der Waals surface area contributed by atoms with E-state index in [1.165, 1.54) is 11.3 Å². The van der Waals surface area contributed by atoms with Crippen LogP contribution in [0.4, 0.5) is 9.52 Å². The van der Waals surface area contributed by atoms with Crippen LogP contribution in [0.3, 0.4) is 0 Å². The number of methoxy groups -OCH3 is 1. The third-order valence-corrected chi connectivity index (χ3v) is 6.02. The molecule has 2 aromatic carbocycles. The number of amides is 1. The SMILES string of the molecule is COCCOc1ccc2[nH]ncc2c1-c1ccc2nc(NC(=O)[C@@H]3C[C@@H]3F)sc2c1.Cl.Cl. The van der Waals surface area contributed by atoms with E-state index in [1.54, 1.807) is 13.3 Å². The van der Waals surface area contributed by atoms with Crippen molar-refractivity contribution in [2.75, 3.05) is 25.6 Å². The first-order valence-electron chi connectivity index (χ1n) is 9.58. The number of thiazole rings is 1. The van der Waals surface area contributed by atoms with Crippen molar-refractivity contribution in [2.24, 2.45) is 5.92 Å². The average Bonchev–Trinajstić information content (AvgIpc) is 3.13. The zero-order valence-corrected chi connectivity index (χ0v) is 19.4. The van der Waals surface area contributed by atoms with E-state index in [0.717, 1.165) is 38.0 Å². The summed E-state index contributed by atoms with van der Waals surface area (Å²) in [6.07, 6.45) is 1.04. The number of benzene rings is 2. The third-order valence-electron chi connectivity index (χ3n) is 5.09. The van der Waals surface area contributed by atoms with Gasteiger partial charge in [-0.25, -0.2) is 9.37 Å². The Balaban J connectivity index is 0.00000144. The number of halogens is 3. The summed E-state index contributed by atoms with van der Waals surface area (Å²) in [6.45, 7) is 0.920. The molecule has 0 bridgehead atoms. The Hall–Kier alpha value is -2.46. The topological polar surface area (TPSA) is 89.1 Å². The Labute approximate surface area is 199 Å². The number of carbonyl (C=O) groups is 1. The van der Waals surface area contributed by atoms with Gasteiger partial charge < -0.3 is 14.8 Å². The monoisotopic (exact) mass is 498 g/mol. The molecule has 2 aromatic heterocycles. The second kappa shape index (κ2) is 9.99. The molecule has 1 fully saturated rings. The number of ether oxygens (including phenoxy) is 2. The number of rotatable bonds is 7. The van der Waals surface area contributed by atoms with Gasteiger partial charge >= 0.3 is 0 Å². The first-order chi connectivity index (χ1) is 14.6. The Morgan fingerprint density at radius 3 is 2.84 bits per heavy atom. The number of fused-ring (bicyclic) bond motifs is 2. The predicted molar refractivity (Wildman–Crippen MR) is 128 cm³/mol. The molecular weight excluding hydrogens is 478 g/mol. The number of alkyl halides is 1. The van der Waals surface area contributed by atoms with Crippen LogP contribution in [0.15, 0.2) is 36.5 Å². The lowest BCUT2D eigenvalue weighted by atomic mass is 10.0. The van der Waals surface area contributed by atoms with Crippen molar-refractivity contribution in [3.63, 3.8) is 0 Å². The first kappa shape index (κ1) is 24.2. The molecule has 0 spiro atoms. The Morgan fingerprint density at radius 2 is 2.09 bits per heavy atom. The van der Waals surface area contributed by atoms with Gasteiger partial charge in [-0.2, -0.15) is 5.10 Å². The average molecular weight is 499 g/mol. The molecule has 11 heteroatoms. The smallest absolute Gasteiger partial charge is 0.232 e. The lowest BCUT2D eigenvalue weighted by Crippen LogP contribution is -2.14. The maximum absolute atomic E-state index is 13.1. The van der Waals surface area contributed by atoms with Crippen LogP contribution in [-0.4, -0.2) is 47.6 Å². The second-order valence-electron chi connectivity index (χ2n) is 7.16. The summed E-state index contributed by atoms with van der Waals surface area (Å²) in [5.41, 5.74) is 3.56. The van der Waals surface area contributed by atoms with Crippen LogP contribution < -0.4 is 10.1 Å². The molecule has 170 valence electrons. The zero-order chi connectivity index (χ0) is 20.7. The van der Waals surface area contributed by atoms with E-state index >= 15 is 0 Å². The number of carbonyl (C=O) groups excluding carboxylic acids is 1. The summed E-state index contributed by atoms with van der Waals surface area (Å²) in [7, 11) is 1.63. The molecule has 1 aliphatic carbocycles. The van der Waals surface area contributed by atoms with E-state index < -0.39 is 12.1 Å². The molecule has 32 heavy (non-hydrogen) atoms. The lowest BCUT2D eigenvalue weighted by Gasteiger charge is -2.12. The molecule has 0 radical (unpaired) electrons. The van der Waals surface area contributed by atoms with Gasteiger partial charge in [0.05, 0.1) is 34.5 Å². The highest BCUT2D eigenvalue weighted by molar-refractivity contribution is 7.22. The standard InChI is InChI=1S/C21H19FN4O3S.2ClH/c1-28-6-7-29-17-5-4-15-13(10-23-26-15)19(17)11-2-3-16-18(8-11)30-21(24-16)25-20(27)12-9-14(12)22;;/h2-5,8,10,12,14H,6-7,9H2,1H3,(H,23,26)(H,24,25,27);2*1H/t12-,14+;;/m1../s1. The summed E-state index contributed by atoms with van der Waals surface area (Å²) in [6, 6.07) is 9.74. The molecule has 4 aromatic rings. The van der Waals surface area contributed by atoms with Crippen molar-refractivity contribution >= 4 is 68.3 Å². The van der Waals surface area contributed by atoms with Gasteiger partial charge in [-0.15, -0.1) is 24.8 Å². The fraction of sp³-hybridized carbons (Fsp3) is 0.286. The maximum atomic E-state index is 13.1. The summed E-state index contributed by atoms with van der Waals surface area (Å²) in [4.78, 5) is 16.5. The number of aromatic amines is 1. The largest absolute Gasteiger partial charge is 0.491 e. The van der Waals surface area contributed by atoms with E-state index in [2.05, 4.69) is 20.5 Å². The highest BCUT2D eigenvalue weighted by Gasteiger charge is 2.43. The van der Waals surface area contributed by atoms with E-state index in [9.17, 15) is 9.18 Å². The van der Waals surface area contributed by atoms with Crippen molar-refractivity contribution in [1.82, 2.24) is 15.2 Å². The molecule has 1 aliphatic rings. The molecule has 2 atom stereocenters. The lowest BCUT2D eigenvalue weighted by molar-refractivity contribution is -0.117. The molecule has 0 saturated heterocycles. The highest BCUT2D eigenvalue weighted by Crippen LogP contribution is 2.40. The normalized spacial score (nSPS) is 16.9. The molecule has 5 rings (SSSR count). The van der Waals surface area contributed by atoms with Gasteiger partial charge in [0, 0.05) is 18.1 Å². The van der Waals surface area contributed by atoms with Crippen LogP contribution in [0.5, 0.6) is 5.75 Å². The van der Waals surface area contributed by atoms with Crippen molar-refractivity contribution in [3.05, 3.63) is 36.5 Å². The number of anilines is 1. The molecule has 2 heterocycles. The van der Waals surface area contributed by atoms with Crippen LogP contribution in [-0.2, 0) is 9.53 Å². The van der Waals surface area contributed by atoms with Crippen molar-refractivity contribution in [2.45, 2.75) is 12.6 Å². The third kappa shape index (κ3) is 4.66. The van der Waals surface area contributed by atoms with Crippen molar-refractivity contribution in [3.8, 4) is 16.9 Å².